The first-order valence-electron chi connectivity index (χ1n) is 27.8. The Labute approximate surface area is 438 Å². The summed E-state index contributed by atoms with van der Waals surface area (Å²) >= 11 is 0. The number of ether oxygens (including phenoxy) is 8. The van der Waals surface area contributed by atoms with E-state index in [0.717, 1.165) is 70.8 Å². The Morgan fingerprint density at radius 1 is 0.338 bits per heavy atom. The Kier molecular flexibility index (Phi) is 23.3. The van der Waals surface area contributed by atoms with Crippen LogP contribution >= 0.6 is 0 Å². The van der Waals surface area contributed by atoms with E-state index in [4.69, 9.17) is 37.9 Å². The molecule has 14 nitrogen and oxygen atoms in total. The van der Waals surface area contributed by atoms with E-state index in [1.54, 1.807) is 31.3 Å². The minimum Gasteiger partial charge on any atom is -0.382 e. The second-order valence-corrected chi connectivity index (χ2v) is 19.8. The smallest absolute Gasteiger partial charge is 0.261 e. The molecular weight excluding hydrogens is 941 g/mol. The molecule has 4 amide bonds. The summed E-state index contributed by atoms with van der Waals surface area (Å²) in [5, 5.41) is 6.34. The van der Waals surface area contributed by atoms with Gasteiger partial charge in [0.1, 0.15) is 0 Å². The SMILES string of the molecule is CCCCCCCCCC(CCCCCCCCC)N1C(=O)c2ccc3c4ccc5c6c(ccc(c7ccc(c2c37)C1=O)c64)C(=O)N(C(COCCOCCOCCOC)COCCOCCOCCOC)C5=O. The molecular formula is C60H82N2O12. The number of rotatable bonds is 40. The third kappa shape index (κ3) is 14.0. The third-order valence-electron chi connectivity index (χ3n) is 14.7. The van der Waals surface area contributed by atoms with Gasteiger partial charge in [0, 0.05) is 53.3 Å². The zero-order valence-electron chi connectivity index (χ0n) is 44.8. The van der Waals surface area contributed by atoms with Crippen molar-refractivity contribution in [2.24, 2.45) is 0 Å². The van der Waals surface area contributed by atoms with Crippen molar-refractivity contribution in [1.29, 1.82) is 0 Å². The molecule has 0 atom stereocenters. The Hall–Kier alpha value is -4.64. The van der Waals surface area contributed by atoms with Gasteiger partial charge in [0.05, 0.1) is 98.5 Å². The first-order chi connectivity index (χ1) is 36.4. The van der Waals surface area contributed by atoms with Gasteiger partial charge in [0.2, 0.25) is 0 Å². The molecule has 0 N–H and O–H groups in total. The van der Waals surface area contributed by atoms with Crippen LogP contribution in [0.2, 0.25) is 0 Å². The molecule has 5 aromatic carbocycles. The average Bonchev–Trinajstić information content (AvgIpc) is 3.41. The summed E-state index contributed by atoms with van der Waals surface area (Å²) in [5.41, 5.74) is 1.91. The molecule has 0 unspecified atom stereocenters. The topological polar surface area (TPSA) is 149 Å². The lowest BCUT2D eigenvalue weighted by Crippen LogP contribution is -2.51. The molecule has 0 spiro atoms. The Bertz CT molecular complexity index is 2420. The highest BCUT2D eigenvalue weighted by Gasteiger charge is 2.41. The number of unbranched alkanes of at least 4 members (excludes halogenated alkanes) is 12. The van der Waals surface area contributed by atoms with Crippen LogP contribution < -0.4 is 0 Å². The molecule has 2 aliphatic rings. The number of carbonyl (C=O) groups is 4. The van der Waals surface area contributed by atoms with Gasteiger partial charge in [-0.25, -0.2) is 0 Å². The van der Waals surface area contributed by atoms with Crippen LogP contribution in [-0.4, -0.2) is 152 Å². The lowest BCUT2D eigenvalue weighted by atomic mass is 9.82. The first kappa shape index (κ1) is 57.1. The van der Waals surface area contributed by atoms with Crippen LogP contribution in [-0.2, 0) is 37.9 Å². The van der Waals surface area contributed by atoms with E-state index in [-0.39, 0.29) is 44.3 Å². The largest absolute Gasteiger partial charge is 0.382 e. The fourth-order valence-corrected chi connectivity index (χ4v) is 10.8. The molecule has 74 heavy (non-hydrogen) atoms. The summed E-state index contributed by atoms with van der Waals surface area (Å²) < 4.78 is 44.4. The molecule has 0 bridgehead atoms. The maximum absolute atomic E-state index is 14.8. The summed E-state index contributed by atoms with van der Waals surface area (Å²) in [7, 11) is 3.24. The summed E-state index contributed by atoms with van der Waals surface area (Å²) in [6.07, 6.45) is 18.1. The number of methoxy groups -OCH3 is 2. The molecule has 404 valence electrons. The van der Waals surface area contributed by atoms with Crippen LogP contribution in [0.4, 0.5) is 0 Å². The predicted octanol–water partition coefficient (Wildman–Crippen LogP) is 11.3. The summed E-state index contributed by atoms with van der Waals surface area (Å²) in [6.45, 7) is 9.20. The van der Waals surface area contributed by atoms with Gasteiger partial charge in [-0.05, 0) is 69.4 Å². The number of hydrogen-bond donors (Lipinski definition) is 0. The highest BCUT2D eigenvalue weighted by atomic mass is 16.6. The average molecular weight is 1020 g/mol. The maximum Gasteiger partial charge on any atom is 0.261 e. The van der Waals surface area contributed by atoms with Crippen molar-refractivity contribution in [1.82, 2.24) is 9.80 Å². The van der Waals surface area contributed by atoms with Gasteiger partial charge in [0.15, 0.2) is 0 Å². The van der Waals surface area contributed by atoms with Crippen molar-refractivity contribution in [3.8, 4) is 0 Å². The van der Waals surface area contributed by atoms with Gasteiger partial charge in [-0.2, -0.15) is 0 Å². The number of nitrogens with zero attached hydrogens (tertiary/aromatic N) is 2. The van der Waals surface area contributed by atoms with Crippen molar-refractivity contribution < 1.29 is 57.1 Å². The molecule has 0 aliphatic carbocycles. The summed E-state index contributed by atoms with van der Waals surface area (Å²) in [4.78, 5) is 62.1. The molecule has 14 heteroatoms. The quantitative estimate of drug-likeness (QED) is 0.0159. The van der Waals surface area contributed by atoms with Crippen molar-refractivity contribution in [2.45, 2.75) is 129 Å². The molecule has 0 radical (unpaired) electrons. The van der Waals surface area contributed by atoms with Gasteiger partial charge in [-0.1, -0.05) is 128 Å². The highest BCUT2D eigenvalue weighted by molar-refractivity contribution is 6.41. The molecule has 7 rings (SSSR count). The normalized spacial score (nSPS) is 13.9. The number of benzene rings is 5. The van der Waals surface area contributed by atoms with Crippen molar-refractivity contribution in [3.63, 3.8) is 0 Å². The van der Waals surface area contributed by atoms with Crippen molar-refractivity contribution in [2.75, 3.05) is 107 Å². The van der Waals surface area contributed by atoms with Crippen molar-refractivity contribution >= 4 is 66.7 Å². The number of hydrogen-bond acceptors (Lipinski definition) is 12. The lowest BCUT2D eigenvalue weighted by Gasteiger charge is -2.35. The van der Waals surface area contributed by atoms with Gasteiger partial charge in [-0.15, -0.1) is 0 Å². The molecule has 0 fully saturated rings. The Morgan fingerprint density at radius 2 is 0.622 bits per heavy atom. The summed E-state index contributed by atoms with van der Waals surface area (Å²) in [5.74, 6) is -1.31. The third-order valence-corrected chi connectivity index (χ3v) is 14.7. The Morgan fingerprint density at radius 3 is 0.946 bits per heavy atom. The fourth-order valence-electron chi connectivity index (χ4n) is 10.8. The second kappa shape index (κ2) is 30.2. The minimum atomic E-state index is -0.752. The molecule has 5 aromatic rings. The first-order valence-corrected chi connectivity index (χ1v) is 27.8. The highest BCUT2D eigenvalue weighted by Crippen LogP contribution is 2.47. The van der Waals surface area contributed by atoms with Gasteiger partial charge < -0.3 is 37.9 Å². The number of imide groups is 2. The predicted molar refractivity (Wildman–Crippen MR) is 290 cm³/mol. The van der Waals surface area contributed by atoms with E-state index >= 15 is 0 Å². The van der Waals surface area contributed by atoms with Crippen LogP contribution in [0.5, 0.6) is 0 Å². The van der Waals surface area contributed by atoms with Crippen LogP contribution in [0.1, 0.15) is 158 Å². The molecule has 2 aliphatic heterocycles. The van der Waals surface area contributed by atoms with Crippen molar-refractivity contribution in [3.05, 3.63) is 70.8 Å². The van der Waals surface area contributed by atoms with Gasteiger partial charge in [-0.3, -0.25) is 29.0 Å². The van der Waals surface area contributed by atoms with Crippen LogP contribution in [0, 0.1) is 0 Å². The second-order valence-electron chi connectivity index (χ2n) is 19.8. The van der Waals surface area contributed by atoms with E-state index in [1.807, 2.05) is 36.4 Å². The zero-order chi connectivity index (χ0) is 52.1. The number of carbonyl (C=O) groups excluding carboxylic acids is 4. The maximum atomic E-state index is 14.8. The van der Waals surface area contributed by atoms with E-state index in [1.165, 1.54) is 69.1 Å². The molecule has 2 heterocycles. The zero-order valence-corrected chi connectivity index (χ0v) is 44.8. The number of amides is 4. The number of fused-ring (bicyclic) bond motifs is 2. The Balaban J connectivity index is 1.12. The van der Waals surface area contributed by atoms with Gasteiger partial charge >= 0.3 is 0 Å². The van der Waals surface area contributed by atoms with Crippen LogP contribution in [0.25, 0.3) is 43.1 Å². The van der Waals surface area contributed by atoms with E-state index in [9.17, 15) is 19.2 Å². The monoisotopic (exact) mass is 1020 g/mol. The standard InChI is InChI=1S/C60H82N2O12/c1-5-7-9-11-13-15-17-19-43(20-18-16-14-12-10-8-6-2)61-57(63)49-25-21-45-47-23-27-51-56-52(28-24-48(54(47)56)46-22-26-50(58(61)64)55(49)53(45)46)60(66)62(59(51)65)44(41-73-39-37-71-35-33-69-31-29-67-3)42-74-40-38-72-36-34-70-32-30-68-4/h21-28,43-44H,5-20,29-42H2,1-4H3. The fraction of sp³-hybridized carbons (Fsp3) is 0.600. The molecule has 0 saturated heterocycles. The summed E-state index contributed by atoms with van der Waals surface area (Å²) in [6, 6.07) is 14.3. The van der Waals surface area contributed by atoms with E-state index in [0.29, 0.717) is 99.1 Å². The molecule has 0 aromatic heterocycles. The molecule has 0 saturated carbocycles. The van der Waals surface area contributed by atoms with E-state index < -0.39 is 17.9 Å². The van der Waals surface area contributed by atoms with Crippen LogP contribution in [0.3, 0.4) is 0 Å². The lowest BCUT2D eigenvalue weighted by molar-refractivity contribution is -0.0276. The van der Waals surface area contributed by atoms with Crippen LogP contribution in [0.15, 0.2) is 48.5 Å². The van der Waals surface area contributed by atoms with E-state index in [2.05, 4.69) is 13.8 Å². The van der Waals surface area contributed by atoms with Gasteiger partial charge in [0.25, 0.3) is 23.6 Å². The minimum absolute atomic E-state index is 0.0297.